The van der Waals surface area contributed by atoms with E-state index in [1.807, 2.05) is 13.8 Å². The van der Waals surface area contributed by atoms with Crippen LogP contribution in [-0.2, 0) is 16.4 Å². The SMILES string of the molecule is CCNC(=NCC1CCN(Cc2ccc(C)cc2)CC1)N1CCS(=O)(=O)C(C)(C)C1. The Morgan fingerprint density at radius 1 is 1.17 bits per heavy atom. The van der Waals surface area contributed by atoms with Crippen molar-refractivity contribution in [1.82, 2.24) is 15.1 Å². The average Bonchev–Trinajstić information content (AvgIpc) is 2.70. The highest BCUT2D eigenvalue weighted by Crippen LogP contribution is 2.24. The third kappa shape index (κ3) is 5.76. The molecule has 0 radical (unpaired) electrons. The van der Waals surface area contributed by atoms with E-state index in [0.717, 1.165) is 51.5 Å². The van der Waals surface area contributed by atoms with Gasteiger partial charge in [0, 0.05) is 32.7 Å². The van der Waals surface area contributed by atoms with Crippen LogP contribution >= 0.6 is 0 Å². The molecule has 7 heteroatoms. The molecule has 2 aliphatic heterocycles. The van der Waals surface area contributed by atoms with Gasteiger partial charge in [-0.2, -0.15) is 0 Å². The van der Waals surface area contributed by atoms with Gasteiger partial charge in [-0.3, -0.25) is 9.89 Å². The molecule has 0 aliphatic carbocycles. The average molecular weight is 435 g/mol. The zero-order chi connectivity index (χ0) is 21.8. The normalized spacial score (nSPS) is 22.8. The Bertz CT molecular complexity index is 825. The van der Waals surface area contributed by atoms with Crippen LogP contribution in [0.1, 0.15) is 44.7 Å². The number of piperidine rings is 1. The first-order valence-corrected chi connectivity index (χ1v) is 12.9. The number of nitrogens with zero attached hydrogens (tertiary/aromatic N) is 3. The summed E-state index contributed by atoms with van der Waals surface area (Å²) in [6, 6.07) is 8.84. The number of hydrogen-bond acceptors (Lipinski definition) is 4. The lowest BCUT2D eigenvalue weighted by Crippen LogP contribution is -2.57. The third-order valence-corrected chi connectivity index (χ3v) is 8.94. The van der Waals surface area contributed by atoms with Gasteiger partial charge >= 0.3 is 0 Å². The molecule has 6 nitrogen and oxygen atoms in total. The van der Waals surface area contributed by atoms with Crippen LogP contribution in [0.3, 0.4) is 0 Å². The smallest absolute Gasteiger partial charge is 0.194 e. The number of nitrogens with one attached hydrogen (secondary N) is 1. The molecular weight excluding hydrogens is 396 g/mol. The number of sulfone groups is 1. The van der Waals surface area contributed by atoms with E-state index < -0.39 is 14.6 Å². The van der Waals surface area contributed by atoms with Gasteiger partial charge in [0.2, 0.25) is 0 Å². The van der Waals surface area contributed by atoms with Crippen LogP contribution in [0, 0.1) is 12.8 Å². The molecule has 1 N–H and O–H groups in total. The predicted molar refractivity (Wildman–Crippen MR) is 125 cm³/mol. The van der Waals surface area contributed by atoms with Crippen molar-refractivity contribution in [1.29, 1.82) is 0 Å². The predicted octanol–water partition coefficient (Wildman–Crippen LogP) is 2.68. The second-order valence-electron chi connectivity index (χ2n) is 9.40. The molecule has 0 unspecified atom stereocenters. The number of rotatable bonds is 5. The van der Waals surface area contributed by atoms with Crippen LogP contribution in [0.25, 0.3) is 0 Å². The minimum Gasteiger partial charge on any atom is -0.357 e. The van der Waals surface area contributed by atoms with Crippen molar-refractivity contribution in [3.8, 4) is 0 Å². The highest BCUT2D eigenvalue weighted by atomic mass is 32.2. The number of aryl methyl sites for hydroxylation is 1. The molecule has 0 spiro atoms. The van der Waals surface area contributed by atoms with E-state index in [1.54, 1.807) is 0 Å². The van der Waals surface area contributed by atoms with Crippen molar-refractivity contribution in [2.45, 2.75) is 51.8 Å². The Balaban J connectivity index is 1.53. The van der Waals surface area contributed by atoms with Crippen molar-refractivity contribution in [2.24, 2.45) is 10.9 Å². The molecule has 30 heavy (non-hydrogen) atoms. The molecule has 2 aliphatic rings. The van der Waals surface area contributed by atoms with Gasteiger partial charge in [0.25, 0.3) is 0 Å². The summed E-state index contributed by atoms with van der Waals surface area (Å²) in [6.07, 6.45) is 2.32. The largest absolute Gasteiger partial charge is 0.357 e. The number of guanidine groups is 1. The summed E-state index contributed by atoms with van der Waals surface area (Å²) in [6.45, 7) is 13.7. The number of benzene rings is 1. The van der Waals surface area contributed by atoms with Crippen LogP contribution in [0.5, 0.6) is 0 Å². The quantitative estimate of drug-likeness (QED) is 0.570. The maximum absolute atomic E-state index is 12.3. The number of likely N-dealkylation sites (tertiary alicyclic amines) is 1. The lowest BCUT2D eigenvalue weighted by Gasteiger charge is -2.39. The van der Waals surface area contributed by atoms with E-state index >= 15 is 0 Å². The van der Waals surface area contributed by atoms with Gasteiger partial charge in [-0.1, -0.05) is 29.8 Å². The van der Waals surface area contributed by atoms with E-state index in [1.165, 1.54) is 11.1 Å². The molecule has 0 bridgehead atoms. The molecule has 3 rings (SSSR count). The van der Waals surface area contributed by atoms with Crippen LogP contribution in [0.2, 0.25) is 0 Å². The number of hydrogen-bond donors (Lipinski definition) is 1. The topological polar surface area (TPSA) is 65.0 Å². The van der Waals surface area contributed by atoms with Crippen LogP contribution in [0.4, 0.5) is 0 Å². The van der Waals surface area contributed by atoms with Gasteiger partial charge in [0.05, 0.1) is 10.5 Å². The minimum atomic E-state index is -3.04. The van der Waals surface area contributed by atoms with E-state index in [-0.39, 0.29) is 5.75 Å². The molecule has 168 valence electrons. The van der Waals surface area contributed by atoms with E-state index in [9.17, 15) is 8.42 Å². The van der Waals surface area contributed by atoms with Gasteiger partial charge in [-0.25, -0.2) is 8.42 Å². The van der Waals surface area contributed by atoms with Gasteiger partial charge in [-0.15, -0.1) is 0 Å². The standard InChI is InChI=1S/C23H38N4O2S/c1-5-24-22(27-14-15-30(28,29)23(3,4)18-27)25-16-20-10-12-26(13-11-20)17-21-8-6-19(2)7-9-21/h6-9,20H,5,10-18H2,1-4H3,(H,24,25). The molecule has 2 saturated heterocycles. The van der Waals surface area contributed by atoms with Gasteiger partial charge in [-0.05, 0) is 65.1 Å². The maximum Gasteiger partial charge on any atom is 0.194 e. The fraction of sp³-hybridized carbons (Fsp3) is 0.696. The number of aliphatic imine (C=N–C) groups is 1. The summed E-state index contributed by atoms with van der Waals surface area (Å²) >= 11 is 0. The zero-order valence-electron chi connectivity index (χ0n) is 19.0. The summed E-state index contributed by atoms with van der Waals surface area (Å²) in [5.74, 6) is 1.65. The second kappa shape index (κ2) is 9.69. The lowest BCUT2D eigenvalue weighted by molar-refractivity contribution is 0.180. The van der Waals surface area contributed by atoms with Crippen molar-refractivity contribution >= 4 is 15.8 Å². The van der Waals surface area contributed by atoms with Crippen LogP contribution in [0.15, 0.2) is 29.3 Å². The van der Waals surface area contributed by atoms with Crippen molar-refractivity contribution in [3.63, 3.8) is 0 Å². The van der Waals surface area contributed by atoms with E-state index in [0.29, 0.717) is 19.0 Å². The lowest BCUT2D eigenvalue weighted by atomic mass is 9.96. The first-order chi connectivity index (χ1) is 14.2. The zero-order valence-corrected chi connectivity index (χ0v) is 19.8. The van der Waals surface area contributed by atoms with Crippen molar-refractivity contribution < 1.29 is 8.42 Å². The van der Waals surface area contributed by atoms with Crippen molar-refractivity contribution in [3.05, 3.63) is 35.4 Å². The Hall–Kier alpha value is -1.60. The Morgan fingerprint density at radius 3 is 2.43 bits per heavy atom. The molecule has 2 fully saturated rings. The highest BCUT2D eigenvalue weighted by Gasteiger charge is 2.41. The second-order valence-corrected chi connectivity index (χ2v) is 12.1. The summed E-state index contributed by atoms with van der Waals surface area (Å²) in [5.41, 5.74) is 2.69. The maximum atomic E-state index is 12.3. The summed E-state index contributed by atoms with van der Waals surface area (Å²) in [7, 11) is -3.04. The van der Waals surface area contributed by atoms with Gasteiger partial charge in [0.15, 0.2) is 15.8 Å². The van der Waals surface area contributed by atoms with Gasteiger partial charge < -0.3 is 10.2 Å². The molecule has 1 aromatic carbocycles. The van der Waals surface area contributed by atoms with Crippen LogP contribution < -0.4 is 5.32 Å². The van der Waals surface area contributed by atoms with E-state index in [2.05, 4.69) is 53.2 Å². The van der Waals surface area contributed by atoms with E-state index in [4.69, 9.17) is 4.99 Å². The first-order valence-electron chi connectivity index (χ1n) is 11.2. The Kier molecular flexibility index (Phi) is 7.45. The van der Waals surface area contributed by atoms with Crippen LogP contribution in [-0.4, -0.2) is 73.9 Å². The summed E-state index contributed by atoms with van der Waals surface area (Å²) in [4.78, 5) is 9.57. The molecule has 0 saturated carbocycles. The summed E-state index contributed by atoms with van der Waals surface area (Å²) < 4.78 is 23.9. The first kappa shape index (κ1) is 23.1. The fourth-order valence-electron chi connectivity index (χ4n) is 4.24. The monoisotopic (exact) mass is 434 g/mol. The molecule has 1 aromatic rings. The molecule has 0 atom stereocenters. The molecular formula is C23H38N4O2S. The summed E-state index contributed by atoms with van der Waals surface area (Å²) in [5, 5.41) is 3.37. The molecule has 0 aromatic heterocycles. The Morgan fingerprint density at radius 2 is 1.83 bits per heavy atom. The molecule has 2 heterocycles. The third-order valence-electron chi connectivity index (χ3n) is 6.41. The molecule has 0 amide bonds. The minimum absolute atomic E-state index is 0.196. The Labute approximate surface area is 182 Å². The fourth-order valence-corrected chi connectivity index (χ4v) is 5.61. The van der Waals surface area contributed by atoms with Crippen molar-refractivity contribution in [2.75, 3.05) is 45.0 Å². The highest BCUT2D eigenvalue weighted by molar-refractivity contribution is 7.92. The van der Waals surface area contributed by atoms with Gasteiger partial charge in [0.1, 0.15) is 0 Å².